The van der Waals surface area contributed by atoms with Crippen molar-refractivity contribution < 1.29 is 17.1 Å². The maximum absolute atomic E-state index is 5.29. The molecule has 7 aromatic heterocycles. The van der Waals surface area contributed by atoms with Crippen molar-refractivity contribution in [2.24, 2.45) is 0 Å². The average molecular weight is 675 g/mol. The Hall–Kier alpha value is -6.28. The first-order chi connectivity index (χ1) is 23.8. The summed E-state index contributed by atoms with van der Waals surface area (Å²) in [6, 6.07) is 24.6. The Morgan fingerprint density at radius 3 is 0.755 bits per heavy atom. The molecule has 0 spiro atoms. The van der Waals surface area contributed by atoms with Crippen molar-refractivity contribution >= 4 is 46.4 Å². The summed E-state index contributed by atoms with van der Waals surface area (Å²) in [5.41, 5.74) is 15.0. The van der Waals surface area contributed by atoms with E-state index >= 15 is 0 Å². The van der Waals surface area contributed by atoms with E-state index in [0.717, 1.165) is 89.4 Å². The maximum atomic E-state index is 5.29. The van der Waals surface area contributed by atoms with Crippen molar-refractivity contribution in [1.29, 1.82) is 0 Å². The van der Waals surface area contributed by atoms with Crippen LogP contribution in [0.3, 0.4) is 0 Å². The van der Waals surface area contributed by atoms with Gasteiger partial charge in [0.25, 0.3) is 0 Å². The molecule has 9 rings (SSSR count). The molecule has 0 saturated carbocycles. The van der Waals surface area contributed by atoms with Crippen LogP contribution in [0.5, 0.6) is 0 Å². The van der Waals surface area contributed by atoms with Crippen LogP contribution in [0.25, 0.3) is 90.9 Å². The predicted molar refractivity (Wildman–Crippen MR) is 192 cm³/mol. The van der Waals surface area contributed by atoms with Crippen LogP contribution >= 0.6 is 0 Å². The summed E-state index contributed by atoms with van der Waals surface area (Å²) in [4.78, 5) is 35.2. The Balaban J connectivity index is 0.00000348. The second kappa shape index (κ2) is 12.7. The summed E-state index contributed by atoms with van der Waals surface area (Å²) in [7, 11) is 0. The van der Waals surface area contributed by atoms with E-state index in [2.05, 4.69) is 78.5 Å². The molecule has 0 radical (unpaired) electrons. The fraction of sp³-hybridized carbons (Fsp3) is 0. The normalized spacial score (nSPS) is 11.8. The van der Waals surface area contributed by atoms with Crippen LogP contribution in [-0.2, 0) is 17.1 Å². The van der Waals surface area contributed by atoms with Crippen LogP contribution in [0, 0.1) is 0 Å². The Kier molecular flexibility index (Phi) is 7.81. The number of rotatable bonds is 4. The van der Waals surface area contributed by atoms with Crippen LogP contribution in [0.4, 0.5) is 0 Å². The number of pyridine rings is 4. The second-order valence-electron chi connectivity index (χ2n) is 11.4. The monoisotopic (exact) mass is 674 g/mol. The number of fused-ring (bicyclic) bond motifs is 8. The quantitative estimate of drug-likeness (QED) is 0.181. The standard InChI is InChI=1S/C40H26N8.Fe/c1-2-30-38(26-11-19-42-20-12-26)32-5-6-34(47-32)40(28-15-23-44-24-16-28)36-8-7-35(48-36)39(27-13-21-43-22-14-27)33-4-3-31(46-33)37(29(1)45-30)25-9-17-41-18-10-25;/h1-24,45,48H;. The van der Waals surface area contributed by atoms with E-state index in [0.29, 0.717) is 0 Å². The zero-order valence-electron chi connectivity index (χ0n) is 25.9. The van der Waals surface area contributed by atoms with Gasteiger partial charge in [-0.2, -0.15) is 0 Å². The van der Waals surface area contributed by atoms with Crippen molar-refractivity contribution in [2.45, 2.75) is 0 Å². The summed E-state index contributed by atoms with van der Waals surface area (Å²) in [6.45, 7) is 0. The van der Waals surface area contributed by atoms with E-state index in [1.54, 1.807) is 0 Å². The molecule has 0 atom stereocenters. The molecule has 0 amide bonds. The number of hydrogen-bond donors (Lipinski definition) is 2. The van der Waals surface area contributed by atoms with E-state index in [-0.39, 0.29) is 17.1 Å². The molecule has 2 aliphatic rings. The minimum atomic E-state index is 0. The third kappa shape index (κ3) is 5.47. The summed E-state index contributed by atoms with van der Waals surface area (Å²) in [6.07, 6.45) is 22.8. The minimum Gasteiger partial charge on any atom is -0.354 e. The maximum Gasteiger partial charge on any atom is 0.0737 e. The van der Waals surface area contributed by atoms with Gasteiger partial charge in [0, 0.05) is 111 Å². The first kappa shape index (κ1) is 30.1. The van der Waals surface area contributed by atoms with Crippen molar-refractivity contribution in [1.82, 2.24) is 39.9 Å². The zero-order valence-corrected chi connectivity index (χ0v) is 27.0. The Bertz CT molecular complexity index is 2190. The van der Waals surface area contributed by atoms with Crippen molar-refractivity contribution in [3.8, 4) is 44.5 Å². The molecule has 0 aliphatic carbocycles. The van der Waals surface area contributed by atoms with Gasteiger partial charge in [0.15, 0.2) is 0 Å². The predicted octanol–water partition coefficient (Wildman–Crippen LogP) is 8.90. The van der Waals surface area contributed by atoms with E-state index in [1.165, 1.54) is 0 Å². The minimum absolute atomic E-state index is 0. The fourth-order valence-corrected chi connectivity index (χ4v) is 6.49. The van der Waals surface area contributed by atoms with E-state index in [1.807, 2.05) is 98.1 Å². The molecule has 2 N–H and O–H groups in total. The van der Waals surface area contributed by atoms with Gasteiger partial charge in [-0.25, -0.2) is 9.97 Å². The Morgan fingerprint density at radius 1 is 0.306 bits per heavy atom. The van der Waals surface area contributed by atoms with E-state index < -0.39 is 0 Å². The van der Waals surface area contributed by atoms with E-state index in [4.69, 9.17) is 9.97 Å². The molecule has 0 aromatic carbocycles. The summed E-state index contributed by atoms with van der Waals surface area (Å²) >= 11 is 0. The van der Waals surface area contributed by atoms with Gasteiger partial charge in [0.05, 0.1) is 22.8 Å². The van der Waals surface area contributed by atoms with Crippen molar-refractivity contribution in [3.63, 3.8) is 0 Å². The van der Waals surface area contributed by atoms with Crippen LogP contribution in [0.2, 0.25) is 0 Å². The molecule has 49 heavy (non-hydrogen) atoms. The van der Waals surface area contributed by atoms with Gasteiger partial charge in [-0.05, 0) is 119 Å². The van der Waals surface area contributed by atoms with Crippen LogP contribution < -0.4 is 0 Å². The molecule has 234 valence electrons. The summed E-state index contributed by atoms with van der Waals surface area (Å²) < 4.78 is 0. The summed E-state index contributed by atoms with van der Waals surface area (Å²) in [5, 5.41) is 0. The van der Waals surface area contributed by atoms with Crippen LogP contribution in [-0.4, -0.2) is 39.9 Å². The first-order valence-electron chi connectivity index (χ1n) is 15.6. The molecule has 0 fully saturated rings. The zero-order chi connectivity index (χ0) is 31.9. The first-order valence-corrected chi connectivity index (χ1v) is 15.6. The van der Waals surface area contributed by atoms with Gasteiger partial charge in [0.2, 0.25) is 0 Å². The second-order valence-corrected chi connectivity index (χ2v) is 11.4. The fourth-order valence-electron chi connectivity index (χ4n) is 6.49. The molecule has 9 heteroatoms. The molecule has 0 saturated heterocycles. The van der Waals surface area contributed by atoms with E-state index in [9.17, 15) is 0 Å². The Labute approximate surface area is 292 Å². The largest absolute Gasteiger partial charge is 0.354 e. The smallest absolute Gasteiger partial charge is 0.0737 e. The number of H-pyrrole nitrogens is 2. The molecule has 7 aromatic rings. The number of hydrogen-bond acceptors (Lipinski definition) is 6. The Morgan fingerprint density at radius 2 is 0.531 bits per heavy atom. The summed E-state index contributed by atoms with van der Waals surface area (Å²) in [5.74, 6) is 0. The van der Waals surface area contributed by atoms with Crippen molar-refractivity contribution in [2.75, 3.05) is 0 Å². The molecule has 2 aliphatic heterocycles. The molecule has 8 bridgehead atoms. The number of aromatic amines is 2. The number of aromatic nitrogens is 8. The molecular formula is C40H26FeN8. The third-order valence-electron chi connectivity index (χ3n) is 8.63. The number of nitrogens with one attached hydrogen (secondary N) is 2. The van der Waals surface area contributed by atoms with Crippen LogP contribution in [0.15, 0.2) is 122 Å². The SMILES string of the molecule is C1=Cc2nc1c(-c1ccncc1)c1ccc([nH]1)c(-c1ccncc1)c1nc(c(-c3ccncc3)c3ccc([nH]3)c2-c2ccncc2)C=C1.[Fe]. The van der Waals surface area contributed by atoms with Gasteiger partial charge >= 0.3 is 0 Å². The average Bonchev–Trinajstić information content (AvgIpc) is 3.98. The van der Waals surface area contributed by atoms with Gasteiger partial charge in [-0.3, -0.25) is 19.9 Å². The van der Waals surface area contributed by atoms with Gasteiger partial charge < -0.3 is 9.97 Å². The molecule has 0 unspecified atom stereocenters. The van der Waals surface area contributed by atoms with Gasteiger partial charge in [-0.1, -0.05) is 0 Å². The van der Waals surface area contributed by atoms with Gasteiger partial charge in [0.1, 0.15) is 0 Å². The van der Waals surface area contributed by atoms with Gasteiger partial charge in [-0.15, -0.1) is 0 Å². The topological polar surface area (TPSA) is 109 Å². The van der Waals surface area contributed by atoms with Crippen LogP contribution in [0.1, 0.15) is 22.8 Å². The third-order valence-corrected chi connectivity index (χ3v) is 8.63. The molecule has 8 nitrogen and oxygen atoms in total. The molecule has 9 heterocycles. The number of nitrogens with zero attached hydrogens (tertiary/aromatic N) is 6. The molecular weight excluding hydrogens is 648 g/mol. The van der Waals surface area contributed by atoms with Crippen molar-refractivity contribution in [3.05, 3.63) is 145 Å².